The molecule has 14 heavy (non-hydrogen) atoms. The van der Waals surface area contributed by atoms with E-state index >= 15 is 0 Å². The highest BCUT2D eigenvalue weighted by atomic mass is 32.2. The second-order valence-electron chi connectivity index (χ2n) is 3.00. The molecule has 2 aromatic heterocycles. The van der Waals surface area contributed by atoms with Crippen molar-refractivity contribution in [2.45, 2.75) is 11.8 Å². The van der Waals surface area contributed by atoms with Gasteiger partial charge in [-0.05, 0) is 25.1 Å². The summed E-state index contributed by atoms with van der Waals surface area (Å²) in [5.41, 5.74) is 2.80. The quantitative estimate of drug-likeness (QED) is 0.743. The number of aromatic amines is 1. The lowest BCUT2D eigenvalue weighted by atomic mass is 10.2. The van der Waals surface area contributed by atoms with Crippen molar-refractivity contribution < 1.29 is 4.55 Å². The molecule has 0 spiro atoms. The third kappa shape index (κ3) is 1.81. The summed E-state index contributed by atoms with van der Waals surface area (Å²) in [6.45, 7) is 1.95. The van der Waals surface area contributed by atoms with Gasteiger partial charge in [0, 0.05) is 23.9 Å². The Morgan fingerprint density at radius 3 is 2.93 bits per heavy atom. The second kappa shape index (κ2) is 3.86. The molecule has 4 heteroatoms. The Morgan fingerprint density at radius 2 is 2.29 bits per heavy atom. The van der Waals surface area contributed by atoms with E-state index in [1.807, 2.05) is 31.2 Å². The van der Waals surface area contributed by atoms with Gasteiger partial charge in [-0.2, -0.15) is 0 Å². The van der Waals surface area contributed by atoms with Crippen molar-refractivity contribution >= 4 is 12.0 Å². The van der Waals surface area contributed by atoms with Crippen LogP contribution < -0.4 is 0 Å². The van der Waals surface area contributed by atoms with Crippen LogP contribution in [0, 0.1) is 6.92 Å². The fraction of sp³-hybridized carbons (Fsp3) is 0.100. The molecule has 0 saturated carbocycles. The molecular formula is C10H10N2OS. The van der Waals surface area contributed by atoms with Crippen LogP contribution in [0.25, 0.3) is 11.4 Å². The minimum Gasteiger partial charge on any atom is -0.359 e. The van der Waals surface area contributed by atoms with Gasteiger partial charge in [0.15, 0.2) is 0 Å². The van der Waals surface area contributed by atoms with Crippen molar-refractivity contribution in [1.82, 2.24) is 9.97 Å². The van der Waals surface area contributed by atoms with Crippen molar-refractivity contribution in [2.75, 3.05) is 0 Å². The molecule has 2 aromatic rings. The van der Waals surface area contributed by atoms with Gasteiger partial charge in [-0.3, -0.25) is 4.98 Å². The lowest BCUT2D eigenvalue weighted by Crippen LogP contribution is -1.85. The standard InChI is InChI=1S/C10H10N2OS/c1-7-3-2-4-9(12-7)10-5-8(14-13)6-11-10/h2-6,11,13H,1H3. The molecule has 0 aliphatic heterocycles. The highest BCUT2D eigenvalue weighted by Gasteiger charge is 2.02. The monoisotopic (exact) mass is 206 g/mol. The average molecular weight is 206 g/mol. The first kappa shape index (κ1) is 9.30. The van der Waals surface area contributed by atoms with Crippen molar-refractivity contribution in [3.05, 3.63) is 36.2 Å². The summed E-state index contributed by atoms with van der Waals surface area (Å²) in [7, 11) is 0. The number of nitrogens with one attached hydrogen (secondary N) is 1. The number of rotatable bonds is 2. The van der Waals surface area contributed by atoms with E-state index in [2.05, 4.69) is 9.97 Å². The van der Waals surface area contributed by atoms with E-state index in [9.17, 15) is 0 Å². The van der Waals surface area contributed by atoms with Gasteiger partial charge < -0.3 is 9.54 Å². The average Bonchev–Trinajstić information content (AvgIpc) is 2.66. The van der Waals surface area contributed by atoms with Gasteiger partial charge in [-0.15, -0.1) is 0 Å². The molecule has 2 N–H and O–H groups in total. The number of aromatic nitrogens is 2. The van der Waals surface area contributed by atoms with E-state index in [0.717, 1.165) is 34.0 Å². The van der Waals surface area contributed by atoms with Crippen LogP contribution in [0.4, 0.5) is 0 Å². The first-order valence-corrected chi connectivity index (χ1v) is 5.01. The number of pyridine rings is 1. The highest BCUT2D eigenvalue weighted by Crippen LogP contribution is 2.21. The molecule has 0 aromatic carbocycles. The third-order valence-electron chi connectivity index (χ3n) is 1.93. The number of aryl methyl sites for hydroxylation is 1. The van der Waals surface area contributed by atoms with Crippen LogP contribution in [-0.2, 0) is 0 Å². The molecule has 0 bridgehead atoms. The minimum absolute atomic E-state index is 0.729. The maximum Gasteiger partial charge on any atom is 0.0867 e. The van der Waals surface area contributed by atoms with Crippen LogP contribution in [0.1, 0.15) is 5.69 Å². The molecule has 0 atom stereocenters. The largest absolute Gasteiger partial charge is 0.359 e. The molecule has 72 valence electrons. The van der Waals surface area contributed by atoms with Crippen molar-refractivity contribution in [3.63, 3.8) is 0 Å². The van der Waals surface area contributed by atoms with Gasteiger partial charge in [0.05, 0.1) is 16.3 Å². The molecule has 0 radical (unpaired) electrons. The molecule has 0 aliphatic carbocycles. The summed E-state index contributed by atoms with van der Waals surface area (Å²) in [6.07, 6.45) is 1.75. The molecule has 2 heterocycles. The maximum atomic E-state index is 8.83. The molecule has 0 unspecified atom stereocenters. The summed E-state index contributed by atoms with van der Waals surface area (Å²) < 4.78 is 8.83. The van der Waals surface area contributed by atoms with E-state index in [4.69, 9.17) is 4.55 Å². The SMILES string of the molecule is Cc1cccc(-c2cc(SO)c[nH]2)n1. The first-order valence-electron chi connectivity index (χ1n) is 4.23. The Hall–Kier alpha value is -1.26. The molecule has 0 aliphatic rings. The van der Waals surface area contributed by atoms with E-state index in [-0.39, 0.29) is 0 Å². The highest BCUT2D eigenvalue weighted by molar-refractivity contribution is 7.93. The van der Waals surface area contributed by atoms with E-state index < -0.39 is 0 Å². The number of H-pyrrole nitrogens is 1. The Labute approximate surface area is 86.4 Å². The lowest BCUT2D eigenvalue weighted by molar-refractivity contribution is 0.664. The molecule has 0 saturated heterocycles. The fourth-order valence-corrected chi connectivity index (χ4v) is 1.55. The van der Waals surface area contributed by atoms with Gasteiger partial charge in [-0.1, -0.05) is 6.07 Å². The van der Waals surface area contributed by atoms with Crippen molar-refractivity contribution in [1.29, 1.82) is 0 Å². The van der Waals surface area contributed by atoms with Crippen LogP contribution in [-0.4, -0.2) is 14.5 Å². The Balaban J connectivity index is 2.39. The van der Waals surface area contributed by atoms with E-state index in [1.165, 1.54) is 0 Å². The lowest BCUT2D eigenvalue weighted by Gasteiger charge is -1.97. The molecule has 0 amide bonds. The van der Waals surface area contributed by atoms with Crippen molar-refractivity contribution in [3.8, 4) is 11.4 Å². The van der Waals surface area contributed by atoms with Crippen LogP contribution in [0.2, 0.25) is 0 Å². The number of hydrogen-bond donors (Lipinski definition) is 2. The molecular weight excluding hydrogens is 196 g/mol. The van der Waals surface area contributed by atoms with Crippen LogP contribution in [0.3, 0.4) is 0 Å². The number of nitrogens with zero attached hydrogens (tertiary/aromatic N) is 1. The summed E-state index contributed by atoms with van der Waals surface area (Å²) >= 11 is 0.729. The Bertz CT molecular complexity index is 439. The zero-order valence-corrected chi connectivity index (χ0v) is 8.51. The summed E-state index contributed by atoms with van der Waals surface area (Å²) in [5.74, 6) is 0. The van der Waals surface area contributed by atoms with Gasteiger partial charge in [0.25, 0.3) is 0 Å². The number of hydrogen-bond acceptors (Lipinski definition) is 3. The second-order valence-corrected chi connectivity index (χ2v) is 3.66. The Kier molecular flexibility index (Phi) is 2.56. The Morgan fingerprint density at radius 1 is 1.43 bits per heavy atom. The van der Waals surface area contributed by atoms with Gasteiger partial charge in [0.2, 0.25) is 0 Å². The third-order valence-corrected chi connectivity index (χ3v) is 2.37. The first-order chi connectivity index (χ1) is 6.79. The smallest absolute Gasteiger partial charge is 0.0867 e. The van der Waals surface area contributed by atoms with Gasteiger partial charge in [-0.25, -0.2) is 0 Å². The predicted octanol–water partition coefficient (Wildman–Crippen LogP) is 2.95. The van der Waals surface area contributed by atoms with E-state index in [1.54, 1.807) is 6.20 Å². The van der Waals surface area contributed by atoms with Crippen LogP contribution in [0.5, 0.6) is 0 Å². The predicted molar refractivity (Wildman–Crippen MR) is 57.2 cm³/mol. The van der Waals surface area contributed by atoms with Gasteiger partial charge in [0.1, 0.15) is 0 Å². The van der Waals surface area contributed by atoms with Crippen LogP contribution >= 0.6 is 12.0 Å². The summed E-state index contributed by atoms with van der Waals surface area (Å²) in [4.78, 5) is 8.22. The fourth-order valence-electron chi connectivity index (χ4n) is 1.27. The maximum absolute atomic E-state index is 8.83. The zero-order valence-electron chi connectivity index (χ0n) is 7.69. The summed E-state index contributed by atoms with van der Waals surface area (Å²) in [6, 6.07) is 7.72. The zero-order chi connectivity index (χ0) is 9.97. The van der Waals surface area contributed by atoms with Gasteiger partial charge >= 0.3 is 0 Å². The van der Waals surface area contributed by atoms with Crippen LogP contribution in [0.15, 0.2) is 35.4 Å². The minimum atomic E-state index is 0.729. The van der Waals surface area contributed by atoms with E-state index in [0.29, 0.717) is 0 Å². The molecule has 0 fully saturated rings. The topological polar surface area (TPSA) is 48.9 Å². The molecule has 2 rings (SSSR count). The van der Waals surface area contributed by atoms with Crippen molar-refractivity contribution in [2.24, 2.45) is 0 Å². The molecule has 3 nitrogen and oxygen atoms in total. The summed E-state index contributed by atoms with van der Waals surface area (Å²) in [5, 5.41) is 0. The normalized spacial score (nSPS) is 10.4.